The van der Waals surface area contributed by atoms with Crippen molar-refractivity contribution >= 4 is 5.97 Å². The van der Waals surface area contributed by atoms with Gasteiger partial charge in [-0.2, -0.15) is 0 Å². The number of fused-ring (bicyclic) bond motifs is 1. The zero-order chi connectivity index (χ0) is 15.5. The molecule has 2 rings (SSSR count). The van der Waals surface area contributed by atoms with Crippen LogP contribution in [0.15, 0.2) is 18.2 Å². The summed E-state index contributed by atoms with van der Waals surface area (Å²) in [5.41, 5.74) is 1.95. The molecule has 1 aromatic carbocycles. The van der Waals surface area contributed by atoms with Gasteiger partial charge in [0.1, 0.15) is 12.4 Å². The molecule has 0 amide bonds. The van der Waals surface area contributed by atoms with Crippen molar-refractivity contribution in [3.05, 3.63) is 29.3 Å². The zero-order valence-corrected chi connectivity index (χ0v) is 13.4. The van der Waals surface area contributed by atoms with Gasteiger partial charge in [0.05, 0.1) is 12.5 Å². The third-order valence-electron chi connectivity index (χ3n) is 4.00. The van der Waals surface area contributed by atoms with E-state index in [-0.39, 0.29) is 5.97 Å². The predicted molar refractivity (Wildman–Crippen MR) is 82.5 cm³/mol. The highest BCUT2D eigenvalue weighted by molar-refractivity contribution is 5.75. The SMILES string of the molecule is CCNC1CCc2c(OCC(C)(C)C(=O)OC)cccc21. The van der Waals surface area contributed by atoms with Gasteiger partial charge in [-0.1, -0.05) is 19.1 Å². The second-order valence-corrected chi connectivity index (χ2v) is 6.14. The molecule has 0 aromatic heterocycles. The Morgan fingerprint density at radius 3 is 2.86 bits per heavy atom. The summed E-state index contributed by atoms with van der Waals surface area (Å²) in [5, 5.41) is 3.50. The van der Waals surface area contributed by atoms with Gasteiger partial charge < -0.3 is 14.8 Å². The third kappa shape index (κ3) is 3.38. The Kier molecular flexibility index (Phi) is 4.88. The number of esters is 1. The predicted octanol–water partition coefficient (Wildman–Crippen LogP) is 2.86. The maximum Gasteiger partial charge on any atom is 0.314 e. The quantitative estimate of drug-likeness (QED) is 0.819. The lowest BCUT2D eigenvalue weighted by Gasteiger charge is -2.22. The molecule has 1 N–H and O–H groups in total. The van der Waals surface area contributed by atoms with Crippen LogP contribution in [0.2, 0.25) is 0 Å². The molecule has 1 aliphatic carbocycles. The Morgan fingerprint density at radius 2 is 2.19 bits per heavy atom. The number of hydrogen-bond donors (Lipinski definition) is 1. The second kappa shape index (κ2) is 6.48. The normalized spacial score (nSPS) is 17.4. The number of rotatable bonds is 6. The minimum absolute atomic E-state index is 0.249. The number of nitrogens with one attached hydrogen (secondary N) is 1. The first-order chi connectivity index (χ1) is 9.99. The van der Waals surface area contributed by atoms with Crippen LogP contribution in [0.4, 0.5) is 0 Å². The average molecular weight is 291 g/mol. The van der Waals surface area contributed by atoms with Crippen molar-refractivity contribution < 1.29 is 14.3 Å². The lowest BCUT2D eigenvalue weighted by molar-refractivity contribution is -0.152. The molecule has 4 nitrogen and oxygen atoms in total. The molecule has 1 atom stereocenters. The minimum Gasteiger partial charge on any atom is -0.492 e. The van der Waals surface area contributed by atoms with Crippen molar-refractivity contribution in [2.45, 2.75) is 39.7 Å². The Hall–Kier alpha value is -1.55. The van der Waals surface area contributed by atoms with E-state index in [2.05, 4.69) is 18.3 Å². The van der Waals surface area contributed by atoms with E-state index >= 15 is 0 Å². The summed E-state index contributed by atoms with van der Waals surface area (Å²) in [7, 11) is 1.41. The summed E-state index contributed by atoms with van der Waals surface area (Å²) in [6.45, 7) is 7.08. The second-order valence-electron chi connectivity index (χ2n) is 6.14. The minimum atomic E-state index is -0.642. The van der Waals surface area contributed by atoms with Crippen LogP contribution in [0, 0.1) is 5.41 Å². The lowest BCUT2D eigenvalue weighted by atomic mass is 9.95. The molecule has 0 saturated carbocycles. The fourth-order valence-electron chi connectivity index (χ4n) is 2.81. The molecule has 1 aliphatic rings. The van der Waals surface area contributed by atoms with Gasteiger partial charge in [-0.15, -0.1) is 0 Å². The standard InChI is InChI=1S/C17H25NO3/c1-5-18-14-10-9-13-12(14)7-6-8-15(13)21-11-17(2,3)16(19)20-4/h6-8,14,18H,5,9-11H2,1-4H3. The molecular formula is C17H25NO3. The maximum absolute atomic E-state index is 11.7. The van der Waals surface area contributed by atoms with Crippen molar-refractivity contribution in [2.24, 2.45) is 5.41 Å². The monoisotopic (exact) mass is 291 g/mol. The highest BCUT2D eigenvalue weighted by Crippen LogP contribution is 2.37. The van der Waals surface area contributed by atoms with Crippen LogP contribution in [0.25, 0.3) is 0 Å². The van der Waals surface area contributed by atoms with Crippen LogP contribution < -0.4 is 10.1 Å². The van der Waals surface area contributed by atoms with E-state index in [1.165, 1.54) is 18.2 Å². The number of ether oxygens (including phenoxy) is 2. The van der Waals surface area contributed by atoms with E-state index in [4.69, 9.17) is 9.47 Å². The van der Waals surface area contributed by atoms with Crippen molar-refractivity contribution in [3.8, 4) is 5.75 Å². The largest absolute Gasteiger partial charge is 0.492 e. The molecular weight excluding hydrogens is 266 g/mol. The molecule has 1 unspecified atom stereocenters. The van der Waals surface area contributed by atoms with Crippen LogP contribution in [-0.2, 0) is 16.0 Å². The van der Waals surface area contributed by atoms with Crippen LogP contribution in [0.1, 0.15) is 44.4 Å². The Labute approximate surface area is 126 Å². The molecule has 4 heteroatoms. The topological polar surface area (TPSA) is 47.6 Å². The molecule has 0 bridgehead atoms. The van der Waals surface area contributed by atoms with E-state index in [0.717, 1.165) is 25.1 Å². The fraction of sp³-hybridized carbons (Fsp3) is 0.588. The number of benzene rings is 1. The first-order valence-electron chi connectivity index (χ1n) is 7.56. The Bertz CT molecular complexity index is 511. The summed E-state index contributed by atoms with van der Waals surface area (Å²) >= 11 is 0. The van der Waals surface area contributed by atoms with E-state index in [0.29, 0.717) is 12.6 Å². The molecule has 0 radical (unpaired) electrons. The molecule has 0 heterocycles. The molecule has 0 saturated heterocycles. The highest BCUT2D eigenvalue weighted by Gasteiger charge is 2.31. The molecule has 21 heavy (non-hydrogen) atoms. The molecule has 0 spiro atoms. The van der Waals surface area contributed by atoms with Crippen LogP contribution in [0.3, 0.4) is 0 Å². The van der Waals surface area contributed by atoms with E-state index < -0.39 is 5.41 Å². The first-order valence-corrected chi connectivity index (χ1v) is 7.56. The smallest absolute Gasteiger partial charge is 0.314 e. The van der Waals surface area contributed by atoms with Gasteiger partial charge >= 0.3 is 5.97 Å². The van der Waals surface area contributed by atoms with Crippen molar-refractivity contribution in [1.82, 2.24) is 5.32 Å². The van der Waals surface area contributed by atoms with Gasteiger partial charge in [-0.3, -0.25) is 4.79 Å². The number of carbonyl (C=O) groups is 1. The van der Waals surface area contributed by atoms with Crippen molar-refractivity contribution in [1.29, 1.82) is 0 Å². The van der Waals surface area contributed by atoms with Crippen LogP contribution in [0.5, 0.6) is 5.75 Å². The van der Waals surface area contributed by atoms with Gasteiger partial charge in [-0.25, -0.2) is 0 Å². The maximum atomic E-state index is 11.7. The molecule has 1 aromatic rings. The highest BCUT2D eigenvalue weighted by atomic mass is 16.5. The van der Waals surface area contributed by atoms with E-state index in [9.17, 15) is 4.79 Å². The lowest BCUT2D eigenvalue weighted by Crippen LogP contribution is -2.32. The van der Waals surface area contributed by atoms with Gasteiger partial charge in [0.25, 0.3) is 0 Å². The fourth-order valence-corrected chi connectivity index (χ4v) is 2.81. The number of methoxy groups -OCH3 is 1. The Morgan fingerprint density at radius 1 is 1.43 bits per heavy atom. The average Bonchev–Trinajstić information content (AvgIpc) is 2.88. The molecule has 0 fully saturated rings. The van der Waals surface area contributed by atoms with Crippen LogP contribution >= 0.6 is 0 Å². The number of carbonyl (C=O) groups excluding carboxylic acids is 1. The van der Waals surface area contributed by atoms with Crippen LogP contribution in [-0.4, -0.2) is 26.2 Å². The van der Waals surface area contributed by atoms with Gasteiger partial charge in [-0.05, 0) is 50.4 Å². The third-order valence-corrected chi connectivity index (χ3v) is 4.00. The molecule has 116 valence electrons. The van der Waals surface area contributed by atoms with E-state index in [1.54, 1.807) is 0 Å². The van der Waals surface area contributed by atoms with E-state index in [1.807, 2.05) is 26.0 Å². The first kappa shape index (κ1) is 15.8. The summed E-state index contributed by atoms with van der Waals surface area (Å²) in [6, 6.07) is 6.59. The molecule has 0 aliphatic heterocycles. The summed E-state index contributed by atoms with van der Waals surface area (Å²) in [5.74, 6) is 0.644. The number of hydrogen-bond acceptors (Lipinski definition) is 4. The van der Waals surface area contributed by atoms with Crippen molar-refractivity contribution in [3.63, 3.8) is 0 Å². The Balaban J connectivity index is 2.11. The summed E-state index contributed by atoms with van der Waals surface area (Å²) in [6.07, 6.45) is 2.12. The summed E-state index contributed by atoms with van der Waals surface area (Å²) in [4.78, 5) is 11.7. The van der Waals surface area contributed by atoms with Gasteiger partial charge in [0, 0.05) is 6.04 Å². The van der Waals surface area contributed by atoms with Gasteiger partial charge in [0.2, 0.25) is 0 Å². The van der Waals surface area contributed by atoms with Gasteiger partial charge in [0.15, 0.2) is 0 Å². The summed E-state index contributed by atoms with van der Waals surface area (Å²) < 4.78 is 10.8. The van der Waals surface area contributed by atoms with Crippen molar-refractivity contribution in [2.75, 3.05) is 20.3 Å². The zero-order valence-electron chi connectivity index (χ0n) is 13.4.